The Morgan fingerprint density at radius 2 is 1.83 bits per heavy atom. The van der Waals surface area contributed by atoms with Gasteiger partial charge in [-0.25, -0.2) is 11.6 Å². The van der Waals surface area contributed by atoms with Crippen molar-refractivity contribution in [3.05, 3.63) is 23.3 Å². The summed E-state index contributed by atoms with van der Waals surface area (Å²) in [6.45, 7) is 6.56. The normalized spacial score (nSPS) is 13.7. The Morgan fingerprint density at radius 1 is 1.33 bits per heavy atom. The molecule has 0 radical (unpaired) electrons. The van der Waals surface area contributed by atoms with E-state index in [0.29, 0.717) is 5.92 Å². The molecule has 70 valence electrons. The first kappa shape index (κ1) is 18.7. The quantitative estimate of drug-likeness (QED) is 0.488. The van der Waals surface area contributed by atoms with Crippen LogP contribution in [0.25, 0.3) is 0 Å². The molecule has 0 heterocycles. The predicted octanol–water partition coefficient (Wildman–Crippen LogP) is 3.56. The fourth-order valence-corrected chi connectivity index (χ4v) is 0.992. The third-order valence-corrected chi connectivity index (χ3v) is 1.71. The van der Waals surface area contributed by atoms with E-state index in [9.17, 15) is 0 Å². The van der Waals surface area contributed by atoms with Crippen LogP contribution in [-0.4, -0.2) is 0 Å². The molecule has 0 atom stereocenters. The smallest absolute Gasteiger partial charge is 0 e. The van der Waals surface area contributed by atoms with E-state index in [2.05, 4.69) is 32.9 Å². The number of hydrogen-bond donors (Lipinski definition) is 0. The van der Waals surface area contributed by atoms with Gasteiger partial charge in [-0.1, -0.05) is 20.8 Å². The molecule has 0 aliphatic heterocycles. The molecule has 0 aromatic rings. The Morgan fingerprint density at radius 3 is 2.00 bits per heavy atom. The first-order valence-electron chi connectivity index (χ1n) is 3.48. The van der Waals surface area contributed by atoms with Gasteiger partial charge in [0.1, 0.15) is 0 Å². The fourth-order valence-electron chi connectivity index (χ4n) is 0.992. The maximum atomic E-state index is 3.27. The number of halogens is 2. The summed E-state index contributed by atoms with van der Waals surface area (Å²) in [5.74, 6) is 0.704. The van der Waals surface area contributed by atoms with Gasteiger partial charge in [-0.15, -0.1) is 31.2 Å². The number of rotatable bonds is 1. The van der Waals surface area contributed by atoms with Gasteiger partial charge >= 0.3 is 0 Å². The third kappa shape index (κ3) is 5.55. The van der Waals surface area contributed by atoms with Crippen molar-refractivity contribution in [1.82, 2.24) is 0 Å². The molecule has 0 aromatic carbocycles. The van der Waals surface area contributed by atoms with Gasteiger partial charge in [0.15, 0.2) is 0 Å². The van der Waals surface area contributed by atoms with E-state index in [0.717, 1.165) is 6.42 Å². The van der Waals surface area contributed by atoms with Crippen LogP contribution in [0.3, 0.4) is 0 Å². The molecule has 0 fully saturated rings. The molecule has 0 saturated heterocycles. The van der Waals surface area contributed by atoms with E-state index in [1.807, 2.05) is 0 Å². The van der Waals surface area contributed by atoms with Crippen LogP contribution in [0.2, 0.25) is 0 Å². The van der Waals surface area contributed by atoms with Crippen molar-refractivity contribution in [2.75, 3.05) is 0 Å². The minimum atomic E-state index is 0. The molecule has 0 unspecified atom stereocenters. The van der Waals surface area contributed by atoms with Crippen molar-refractivity contribution < 1.29 is 25.8 Å². The Bertz CT molecular complexity index is 171. The SMILES string of the molecule is CC1=[C-]CC(C(C)C)=C1.Cl.Cl.[Hf]. The van der Waals surface area contributed by atoms with Crippen LogP contribution in [0.5, 0.6) is 0 Å². The summed E-state index contributed by atoms with van der Waals surface area (Å²) in [6.07, 6.45) is 6.57. The topological polar surface area (TPSA) is 0 Å². The Balaban J connectivity index is -0.000000270. The van der Waals surface area contributed by atoms with Crippen molar-refractivity contribution in [3.8, 4) is 0 Å². The number of hydrogen-bond acceptors (Lipinski definition) is 0. The van der Waals surface area contributed by atoms with Gasteiger partial charge in [-0.3, -0.25) is 6.08 Å². The van der Waals surface area contributed by atoms with Gasteiger partial charge in [-0.2, -0.15) is 5.57 Å². The zero-order valence-electron chi connectivity index (χ0n) is 7.68. The molecule has 0 aromatic heterocycles. The van der Waals surface area contributed by atoms with E-state index in [1.165, 1.54) is 11.1 Å². The monoisotopic (exact) mass is 373 g/mol. The molecule has 0 nitrogen and oxygen atoms in total. The molecule has 0 saturated carbocycles. The van der Waals surface area contributed by atoms with Crippen LogP contribution in [-0.2, 0) is 25.8 Å². The molecule has 1 rings (SSSR count). The number of allylic oxidation sites excluding steroid dienone is 4. The van der Waals surface area contributed by atoms with E-state index in [-0.39, 0.29) is 50.7 Å². The van der Waals surface area contributed by atoms with Crippen LogP contribution in [0.1, 0.15) is 27.2 Å². The van der Waals surface area contributed by atoms with Crippen molar-refractivity contribution in [2.45, 2.75) is 27.2 Å². The molecule has 1 aliphatic carbocycles. The molecule has 1 aliphatic rings. The second-order valence-corrected chi connectivity index (χ2v) is 2.91. The van der Waals surface area contributed by atoms with Crippen molar-refractivity contribution >= 4 is 24.8 Å². The van der Waals surface area contributed by atoms with Gasteiger partial charge in [0.2, 0.25) is 0 Å². The van der Waals surface area contributed by atoms with Crippen LogP contribution < -0.4 is 0 Å². The Kier molecular flexibility index (Phi) is 13.3. The minimum Gasteiger partial charge on any atom is -0.269 e. The van der Waals surface area contributed by atoms with Crippen LogP contribution in [0.4, 0.5) is 0 Å². The van der Waals surface area contributed by atoms with E-state index in [4.69, 9.17) is 0 Å². The zero-order chi connectivity index (χ0) is 6.85. The van der Waals surface area contributed by atoms with Crippen LogP contribution >= 0.6 is 24.8 Å². The summed E-state index contributed by atoms with van der Waals surface area (Å²) in [5.41, 5.74) is 2.83. The zero-order valence-corrected chi connectivity index (χ0v) is 12.9. The maximum Gasteiger partial charge on any atom is 0 e. The van der Waals surface area contributed by atoms with Gasteiger partial charge in [-0.05, 0) is 5.92 Å². The predicted molar refractivity (Wildman–Crippen MR) is 54.5 cm³/mol. The summed E-state index contributed by atoms with van der Waals surface area (Å²) in [6, 6.07) is 0. The summed E-state index contributed by atoms with van der Waals surface area (Å²) in [4.78, 5) is 0. The van der Waals surface area contributed by atoms with E-state index < -0.39 is 0 Å². The molecule has 0 amide bonds. The van der Waals surface area contributed by atoms with E-state index in [1.54, 1.807) is 0 Å². The minimum absolute atomic E-state index is 0. The molecule has 3 heteroatoms. The average molecular weight is 373 g/mol. The molecular formula is C9H15Cl2Hf-. The van der Waals surface area contributed by atoms with Crippen molar-refractivity contribution in [3.63, 3.8) is 0 Å². The summed E-state index contributed by atoms with van der Waals surface area (Å²) >= 11 is 0. The molecule has 0 bridgehead atoms. The summed E-state index contributed by atoms with van der Waals surface area (Å²) in [7, 11) is 0. The van der Waals surface area contributed by atoms with Gasteiger partial charge in [0, 0.05) is 25.8 Å². The van der Waals surface area contributed by atoms with Crippen LogP contribution in [0.15, 0.2) is 17.2 Å². The molecule has 12 heavy (non-hydrogen) atoms. The largest absolute Gasteiger partial charge is 0.269 e. The molecule has 0 spiro atoms. The Labute approximate surface area is 106 Å². The van der Waals surface area contributed by atoms with Crippen LogP contribution in [0, 0.1) is 12.0 Å². The Hall–Kier alpha value is 0.930. The average Bonchev–Trinajstić information content (AvgIpc) is 2.14. The third-order valence-electron chi connectivity index (χ3n) is 1.71. The first-order chi connectivity index (χ1) is 4.20. The summed E-state index contributed by atoms with van der Waals surface area (Å²) < 4.78 is 0. The standard InChI is InChI=1S/C9H13.2ClH.Hf/c1-7(2)9-5-4-8(3)6-9;;;/h6-7H,5H2,1-3H3;2*1H;/q-1;;;. The van der Waals surface area contributed by atoms with Gasteiger partial charge < -0.3 is 0 Å². The van der Waals surface area contributed by atoms with E-state index >= 15 is 0 Å². The van der Waals surface area contributed by atoms with Crippen molar-refractivity contribution in [2.24, 2.45) is 5.92 Å². The second kappa shape index (κ2) is 8.52. The summed E-state index contributed by atoms with van der Waals surface area (Å²) in [5, 5.41) is 0. The maximum absolute atomic E-state index is 3.27. The first-order valence-corrected chi connectivity index (χ1v) is 3.48. The fraction of sp³-hybridized carbons (Fsp3) is 0.556. The van der Waals surface area contributed by atoms with Gasteiger partial charge in [0.05, 0.1) is 0 Å². The van der Waals surface area contributed by atoms with Crippen molar-refractivity contribution in [1.29, 1.82) is 0 Å². The molecular weight excluding hydrogens is 357 g/mol. The van der Waals surface area contributed by atoms with Gasteiger partial charge in [0.25, 0.3) is 0 Å². The molecule has 0 N–H and O–H groups in total. The second-order valence-electron chi connectivity index (χ2n) is 2.91.